The van der Waals surface area contributed by atoms with Crippen LogP contribution in [0.5, 0.6) is 0 Å². The largest absolute Gasteiger partial charge is 0.356 e. The zero-order valence-electron chi connectivity index (χ0n) is 10.8. The van der Waals surface area contributed by atoms with Crippen LogP contribution in [0.3, 0.4) is 0 Å². The molecule has 0 aliphatic rings. The van der Waals surface area contributed by atoms with Crippen molar-refractivity contribution in [2.45, 2.75) is 32.8 Å². The number of nitrogens with zero attached hydrogens (tertiary/aromatic N) is 2. The van der Waals surface area contributed by atoms with Crippen LogP contribution in [-0.2, 0) is 9.63 Å². The van der Waals surface area contributed by atoms with E-state index >= 15 is 0 Å². The molecule has 94 valence electrons. The Morgan fingerprint density at radius 1 is 1.53 bits per heavy atom. The Hall–Kier alpha value is -1.80. The Morgan fingerprint density at radius 3 is 2.47 bits per heavy atom. The molecule has 0 aliphatic carbocycles. The molecule has 5 heteroatoms. The third-order valence-corrected chi connectivity index (χ3v) is 1.80. The minimum Gasteiger partial charge on any atom is -0.356 e. The van der Waals surface area contributed by atoms with Crippen LogP contribution < -0.4 is 5.32 Å². The lowest BCUT2D eigenvalue weighted by Crippen LogP contribution is -2.39. The van der Waals surface area contributed by atoms with E-state index in [1.807, 2.05) is 6.07 Å². The van der Waals surface area contributed by atoms with E-state index in [0.717, 1.165) is 5.06 Å². The van der Waals surface area contributed by atoms with Crippen LogP contribution in [0.2, 0.25) is 0 Å². The molecule has 5 nitrogen and oxygen atoms in total. The van der Waals surface area contributed by atoms with Crippen molar-refractivity contribution in [3.8, 4) is 6.07 Å². The number of hydroxylamine groups is 2. The Bertz CT molecular complexity index is 366. The lowest BCUT2D eigenvalue weighted by molar-refractivity contribution is -0.217. The number of carbonyl (C=O) groups excluding carboxylic acids is 1. The van der Waals surface area contributed by atoms with Crippen LogP contribution in [-0.4, -0.2) is 23.6 Å². The maximum atomic E-state index is 11.8. The number of hydrogen-bond acceptors (Lipinski definition) is 4. The fourth-order valence-electron chi connectivity index (χ4n) is 1.14. The quantitative estimate of drug-likeness (QED) is 0.564. The first-order chi connectivity index (χ1) is 7.69. The van der Waals surface area contributed by atoms with Gasteiger partial charge in [0.15, 0.2) is 0 Å². The maximum Gasteiger partial charge on any atom is 0.292 e. The summed E-state index contributed by atoms with van der Waals surface area (Å²) in [5.41, 5.74) is 0.0728. The van der Waals surface area contributed by atoms with Gasteiger partial charge < -0.3 is 5.32 Å². The zero-order chi connectivity index (χ0) is 13.6. The molecular weight excluding hydrogens is 218 g/mol. The number of nitriles is 1. The van der Waals surface area contributed by atoms with Crippen LogP contribution in [0.15, 0.2) is 24.6 Å². The number of nitrogens with one attached hydrogen (secondary N) is 1. The molecule has 0 spiro atoms. The van der Waals surface area contributed by atoms with Crippen LogP contribution >= 0.6 is 0 Å². The van der Waals surface area contributed by atoms with E-state index < -0.39 is 11.5 Å². The highest BCUT2D eigenvalue weighted by Gasteiger charge is 2.24. The fraction of sp³-hybridized carbons (Fsp3) is 0.500. The van der Waals surface area contributed by atoms with Crippen LogP contribution in [0.4, 0.5) is 0 Å². The first-order valence-corrected chi connectivity index (χ1v) is 5.15. The Balaban J connectivity index is 4.47. The van der Waals surface area contributed by atoms with Gasteiger partial charge in [-0.25, -0.2) is 5.06 Å². The Kier molecular flexibility index (Phi) is 5.42. The van der Waals surface area contributed by atoms with Crippen molar-refractivity contribution in [1.29, 1.82) is 5.26 Å². The summed E-state index contributed by atoms with van der Waals surface area (Å²) in [7, 11) is 1.48. The standard InChI is InChI=1S/C12H19N3O2/c1-9(2)14-10(3)11(16)15(6)17-12(4,5)7-8-13/h14H,1,3,7H2,2,4-6H3. The molecule has 0 heterocycles. The lowest BCUT2D eigenvalue weighted by atomic mass is 10.1. The van der Waals surface area contributed by atoms with E-state index in [-0.39, 0.29) is 12.1 Å². The molecule has 0 unspecified atom stereocenters. The normalized spacial score (nSPS) is 10.3. The highest BCUT2D eigenvalue weighted by atomic mass is 16.7. The monoisotopic (exact) mass is 237 g/mol. The number of allylic oxidation sites excluding steroid dienone is 1. The van der Waals surface area contributed by atoms with Crippen LogP contribution in [0, 0.1) is 11.3 Å². The number of hydrogen-bond donors (Lipinski definition) is 1. The maximum absolute atomic E-state index is 11.8. The van der Waals surface area contributed by atoms with E-state index in [2.05, 4.69) is 18.5 Å². The molecule has 0 fully saturated rings. The van der Waals surface area contributed by atoms with Crippen LogP contribution in [0.1, 0.15) is 27.2 Å². The number of rotatable bonds is 6. The van der Waals surface area contributed by atoms with Crippen LogP contribution in [0.25, 0.3) is 0 Å². The van der Waals surface area contributed by atoms with Gasteiger partial charge in [-0.2, -0.15) is 5.26 Å². The van der Waals surface area contributed by atoms with E-state index in [9.17, 15) is 4.79 Å². The molecule has 0 aliphatic heterocycles. The molecule has 17 heavy (non-hydrogen) atoms. The highest BCUT2D eigenvalue weighted by molar-refractivity contribution is 5.91. The van der Waals surface area contributed by atoms with E-state index in [1.165, 1.54) is 7.05 Å². The average Bonchev–Trinajstić information content (AvgIpc) is 2.14. The summed E-state index contributed by atoms with van der Waals surface area (Å²) in [4.78, 5) is 17.1. The van der Waals surface area contributed by atoms with Crippen molar-refractivity contribution < 1.29 is 9.63 Å². The minimum absolute atomic E-state index is 0.174. The second-order valence-electron chi connectivity index (χ2n) is 4.37. The third kappa shape index (κ3) is 5.73. The molecule has 0 atom stereocenters. The van der Waals surface area contributed by atoms with Crippen molar-refractivity contribution >= 4 is 5.91 Å². The predicted octanol–water partition coefficient (Wildman–Crippen LogP) is 1.71. The lowest BCUT2D eigenvalue weighted by Gasteiger charge is -2.28. The fourth-order valence-corrected chi connectivity index (χ4v) is 1.14. The average molecular weight is 237 g/mol. The smallest absolute Gasteiger partial charge is 0.292 e. The summed E-state index contributed by atoms with van der Waals surface area (Å²) in [5, 5.41) is 12.4. The number of amides is 1. The summed E-state index contributed by atoms with van der Waals surface area (Å²) < 4.78 is 0. The van der Waals surface area contributed by atoms with Gasteiger partial charge in [0.1, 0.15) is 5.60 Å². The van der Waals surface area contributed by atoms with Gasteiger partial charge in [0.05, 0.1) is 18.2 Å². The molecule has 0 aromatic carbocycles. The van der Waals surface area contributed by atoms with E-state index in [4.69, 9.17) is 10.1 Å². The second-order valence-corrected chi connectivity index (χ2v) is 4.37. The molecule has 1 N–H and O–H groups in total. The van der Waals surface area contributed by atoms with Gasteiger partial charge in [0.25, 0.3) is 5.91 Å². The van der Waals surface area contributed by atoms with E-state index in [1.54, 1.807) is 20.8 Å². The van der Waals surface area contributed by atoms with Crippen molar-refractivity contribution in [3.05, 3.63) is 24.6 Å². The zero-order valence-corrected chi connectivity index (χ0v) is 10.8. The van der Waals surface area contributed by atoms with Gasteiger partial charge >= 0.3 is 0 Å². The molecule has 0 saturated heterocycles. The molecule has 1 amide bonds. The molecule has 0 aromatic heterocycles. The molecule has 0 bridgehead atoms. The van der Waals surface area contributed by atoms with Crippen molar-refractivity contribution in [3.63, 3.8) is 0 Å². The van der Waals surface area contributed by atoms with Gasteiger partial charge in [-0.15, -0.1) is 0 Å². The number of likely N-dealkylation sites (N-methyl/N-ethyl adjacent to an activating group) is 1. The molecule has 0 saturated carbocycles. The van der Waals surface area contributed by atoms with Gasteiger partial charge in [0.2, 0.25) is 0 Å². The molecule has 0 rings (SSSR count). The summed E-state index contributed by atoms with van der Waals surface area (Å²) in [6.45, 7) is 12.4. The predicted molar refractivity (Wildman–Crippen MR) is 65.3 cm³/mol. The summed E-state index contributed by atoms with van der Waals surface area (Å²) in [5.74, 6) is -0.404. The van der Waals surface area contributed by atoms with Crippen molar-refractivity contribution in [2.24, 2.45) is 0 Å². The second kappa shape index (κ2) is 6.06. The first-order valence-electron chi connectivity index (χ1n) is 5.15. The molecule has 0 radical (unpaired) electrons. The SMILES string of the molecule is C=C(C)NC(=C)C(=O)N(C)OC(C)(C)CC#N. The summed E-state index contributed by atoms with van der Waals surface area (Å²) in [6, 6.07) is 2.00. The minimum atomic E-state index is -0.720. The first kappa shape index (κ1) is 15.2. The Morgan fingerprint density at radius 2 is 2.06 bits per heavy atom. The van der Waals surface area contributed by atoms with Gasteiger partial charge in [0, 0.05) is 12.7 Å². The Labute approximate surface area is 102 Å². The third-order valence-electron chi connectivity index (χ3n) is 1.80. The topological polar surface area (TPSA) is 65.4 Å². The molecular formula is C12H19N3O2. The van der Waals surface area contributed by atoms with Crippen molar-refractivity contribution in [1.82, 2.24) is 10.4 Å². The molecule has 0 aromatic rings. The summed E-state index contributed by atoms with van der Waals surface area (Å²) >= 11 is 0. The number of carbonyl (C=O) groups is 1. The van der Waals surface area contributed by atoms with E-state index in [0.29, 0.717) is 5.70 Å². The van der Waals surface area contributed by atoms with Gasteiger partial charge in [-0.1, -0.05) is 13.2 Å². The van der Waals surface area contributed by atoms with Gasteiger partial charge in [-0.3, -0.25) is 9.63 Å². The van der Waals surface area contributed by atoms with Gasteiger partial charge in [-0.05, 0) is 20.8 Å². The highest BCUT2D eigenvalue weighted by Crippen LogP contribution is 2.15. The van der Waals surface area contributed by atoms with Crippen molar-refractivity contribution in [2.75, 3.05) is 7.05 Å². The summed E-state index contributed by atoms with van der Waals surface area (Å²) in [6.07, 6.45) is 0.186.